The summed E-state index contributed by atoms with van der Waals surface area (Å²) in [5.41, 5.74) is 0.298. The first-order chi connectivity index (χ1) is 9.36. The molecule has 3 N–H and O–H groups in total. The van der Waals surface area contributed by atoms with E-state index in [1.807, 2.05) is 0 Å². The highest BCUT2D eigenvalue weighted by atomic mass is 16.6. The van der Waals surface area contributed by atoms with Crippen LogP contribution in [0.25, 0.3) is 0 Å². The van der Waals surface area contributed by atoms with Crippen molar-refractivity contribution in [1.29, 1.82) is 0 Å². The van der Waals surface area contributed by atoms with E-state index in [4.69, 9.17) is 0 Å². The predicted octanol–water partition coefficient (Wildman–Crippen LogP) is 0.761. The number of non-ortho nitro benzene ring substituents is 1. The van der Waals surface area contributed by atoms with Crippen molar-refractivity contribution < 1.29 is 19.9 Å². The maximum Gasteiger partial charge on any atom is 0.269 e. The molecule has 1 rings (SSSR count). The van der Waals surface area contributed by atoms with Crippen molar-refractivity contribution in [2.75, 3.05) is 6.61 Å². The van der Waals surface area contributed by atoms with Crippen LogP contribution in [0, 0.1) is 16.0 Å². The third-order valence-electron chi connectivity index (χ3n) is 2.88. The maximum absolute atomic E-state index is 11.6. The fourth-order valence-corrected chi connectivity index (χ4v) is 1.60. The Hall–Kier alpha value is -1.99. The standard InChI is InChI=1S/C13H18N2O5/c1-8(2)13(18)14-11(7-16)12(17)9-3-5-10(6-4-9)15(19)20/h3-6,8,11-12,16-17H,7H2,1-2H3,(H,14,18)/t11-,12+/m0/s1. The van der Waals surface area contributed by atoms with Gasteiger partial charge in [0, 0.05) is 18.1 Å². The number of nitrogens with zero attached hydrogens (tertiary/aromatic N) is 1. The second-order valence-corrected chi connectivity index (χ2v) is 4.75. The van der Waals surface area contributed by atoms with E-state index in [0.717, 1.165) is 0 Å². The fraction of sp³-hybridized carbons (Fsp3) is 0.462. The molecule has 0 unspecified atom stereocenters. The molecule has 1 aromatic rings. The highest BCUT2D eigenvalue weighted by molar-refractivity contribution is 5.78. The number of nitro benzene ring substituents is 1. The van der Waals surface area contributed by atoms with Crippen LogP contribution in [0.4, 0.5) is 5.69 Å². The molecule has 7 heteroatoms. The average molecular weight is 282 g/mol. The van der Waals surface area contributed by atoms with Crippen molar-refractivity contribution in [1.82, 2.24) is 5.32 Å². The normalized spacial score (nSPS) is 13.8. The van der Waals surface area contributed by atoms with Crippen molar-refractivity contribution in [3.8, 4) is 0 Å². The summed E-state index contributed by atoms with van der Waals surface area (Å²) in [5, 5.41) is 32.4. The van der Waals surface area contributed by atoms with Crippen molar-refractivity contribution in [2.24, 2.45) is 5.92 Å². The lowest BCUT2D eigenvalue weighted by atomic mass is 10.0. The molecule has 0 spiro atoms. The summed E-state index contributed by atoms with van der Waals surface area (Å²) in [4.78, 5) is 21.6. The lowest BCUT2D eigenvalue weighted by Crippen LogP contribution is -2.43. The zero-order valence-electron chi connectivity index (χ0n) is 11.3. The van der Waals surface area contributed by atoms with Gasteiger partial charge in [-0.3, -0.25) is 14.9 Å². The van der Waals surface area contributed by atoms with Crippen molar-refractivity contribution >= 4 is 11.6 Å². The molecule has 110 valence electrons. The zero-order chi connectivity index (χ0) is 15.3. The highest BCUT2D eigenvalue weighted by Crippen LogP contribution is 2.20. The minimum absolute atomic E-state index is 0.0901. The second kappa shape index (κ2) is 6.97. The number of aliphatic hydroxyl groups is 2. The number of nitro groups is 1. The molecule has 7 nitrogen and oxygen atoms in total. The van der Waals surface area contributed by atoms with Gasteiger partial charge >= 0.3 is 0 Å². The number of carbonyl (C=O) groups is 1. The number of hydrogen-bond acceptors (Lipinski definition) is 5. The zero-order valence-corrected chi connectivity index (χ0v) is 11.3. The number of nitrogens with one attached hydrogen (secondary N) is 1. The minimum Gasteiger partial charge on any atom is -0.394 e. The Labute approximate surface area is 116 Å². The van der Waals surface area contributed by atoms with Gasteiger partial charge in [-0.15, -0.1) is 0 Å². The topological polar surface area (TPSA) is 113 Å². The average Bonchev–Trinajstić information content (AvgIpc) is 2.43. The quantitative estimate of drug-likeness (QED) is 0.526. The summed E-state index contributed by atoms with van der Waals surface area (Å²) in [5.74, 6) is -0.557. The van der Waals surface area contributed by atoms with Crippen LogP contribution < -0.4 is 5.32 Å². The summed E-state index contributed by atoms with van der Waals surface area (Å²) in [6.45, 7) is 2.96. The van der Waals surface area contributed by atoms with E-state index in [1.54, 1.807) is 13.8 Å². The van der Waals surface area contributed by atoms with Crippen LogP contribution in [-0.4, -0.2) is 33.7 Å². The van der Waals surface area contributed by atoms with Crippen LogP contribution in [0.5, 0.6) is 0 Å². The number of hydrogen-bond donors (Lipinski definition) is 3. The Kier molecular flexibility index (Phi) is 5.60. The summed E-state index contributed by atoms with van der Waals surface area (Å²) < 4.78 is 0. The Bertz CT molecular complexity index is 472. The Morgan fingerprint density at radius 3 is 2.30 bits per heavy atom. The van der Waals surface area contributed by atoms with Gasteiger partial charge < -0.3 is 15.5 Å². The van der Waals surface area contributed by atoms with Crippen LogP contribution in [0.3, 0.4) is 0 Å². The van der Waals surface area contributed by atoms with E-state index in [1.165, 1.54) is 24.3 Å². The predicted molar refractivity (Wildman–Crippen MR) is 71.9 cm³/mol. The second-order valence-electron chi connectivity index (χ2n) is 4.75. The molecule has 0 saturated heterocycles. The SMILES string of the molecule is CC(C)C(=O)N[C@@H](CO)[C@H](O)c1ccc([N+](=O)[O-])cc1. The van der Waals surface area contributed by atoms with E-state index in [2.05, 4.69) is 5.32 Å². The molecular formula is C13H18N2O5. The van der Waals surface area contributed by atoms with Gasteiger partial charge in [0.25, 0.3) is 5.69 Å². The van der Waals surface area contributed by atoms with Gasteiger partial charge in [0.2, 0.25) is 5.91 Å². The molecule has 1 aromatic carbocycles. The van der Waals surface area contributed by atoms with E-state index >= 15 is 0 Å². The van der Waals surface area contributed by atoms with E-state index in [0.29, 0.717) is 5.56 Å². The van der Waals surface area contributed by atoms with Crippen LogP contribution in [0.1, 0.15) is 25.5 Å². The largest absolute Gasteiger partial charge is 0.394 e. The summed E-state index contributed by atoms with van der Waals surface area (Å²) in [6.07, 6.45) is -1.14. The molecule has 0 aromatic heterocycles. The molecule has 0 aliphatic rings. The first-order valence-electron chi connectivity index (χ1n) is 6.20. The summed E-state index contributed by atoms with van der Waals surface area (Å²) in [7, 11) is 0. The maximum atomic E-state index is 11.6. The van der Waals surface area contributed by atoms with Crippen molar-refractivity contribution in [3.63, 3.8) is 0 Å². The molecule has 0 saturated carbocycles. The van der Waals surface area contributed by atoms with Crippen LogP contribution in [-0.2, 0) is 4.79 Å². The molecule has 0 heterocycles. The highest BCUT2D eigenvalue weighted by Gasteiger charge is 2.23. The molecule has 1 amide bonds. The van der Waals surface area contributed by atoms with Crippen molar-refractivity contribution in [3.05, 3.63) is 39.9 Å². The van der Waals surface area contributed by atoms with Gasteiger partial charge in [-0.05, 0) is 17.7 Å². The van der Waals surface area contributed by atoms with E-state index < -0.39 is 23.7 Å². The lowest BCUT2D eigenvalue weighted by Gasteiger charge is -2.23. The Morgan fingerprint density at radius 1 is 1.35 bits per heavy atom. The molecule has 0 radical (unpaired) electrons. The lowest BCUT2D eigenvalue weighted by molar-refractivity contribution is -0.384. The Morgan fingerprint density at radius 2 is 1.90 bits per heavy atom. The molecule has 0 fully saturated rings. The summed E-state index contributed by atoms with van der Waals surface area (Å²) >= 11 is 0. The number of amides is 1. The third kappa shape index (κ3) is 4.01. The number of carbonyl (C=O) groups excluding carboxylic acids is 1. The van der Waals surface area contributed by atoms with Gasteiger partial charge in [-0.2, -0.15) is 0 Å². The minimum atomic E-state index is -1.14. The fourth-order valence-electron chi connectivity index (χ4n) is 1.60. The van der Waals surface area contributed by atoms with Gasteiger partial charge in [-0.1, -0.05) is 13.8 Å². The molecular weight excluding hydrogens is 264 g/mol. The first-order valence-corrected chi connectivity index (χ1v) is 6.20. The smallest absolute Gasteiger partial charge is 0.269 e. The summed E-state index contributed by atoms with van der Waals surface area (Å²) in [6, 6.07) is 4.46. The van der Waals surface area contributed by atoms with E-state index in [9.17, 15) is 25.1 Å². The van der Waals surface area contributed by atoms with Crippen molar-refractivity contribution in [2.45, 2.75) is 26.0 Å². The molecule has 0 bridgehead atoms. The van der Waals surface area contributed by atoms with Gasteiger partial charge in [-0.25, -0.2) is 0 Å². The van der Waals surface area contributed by atoms with E-state index in [-0.39, 0.29) is 17.5 Å². The van der Waals surface area contributed by atoms with Crippen LogP contribution in [0.15, 0.2) is 24.3 Å². The number of rotatable bonds is 6. The first kappa shape index (κ1) is 16.1. The van der Waals surface area contributed by atoms with Crippen LogP contribution >= 0.6 is 0 Å². The number of benzene rings is 1. The molecule has 2 atom stereocenters. The molecule has 0 aliphatic heterocycles. The molecule has 0 aliphatic carbocycles. The molecule has 20 heavy (non-hydrogen) atoms. The third-order valence-corrected chi connectivity index (χ3v) is 2.88. The van der Waals surface area contributed by atoms with Gasteiger partial charge in [0.05, 0.1) is 17.6 Å². The van der Waals surface area contributed by atoms with Gasteiger partial charge in [0.15, 0.2) is 0 Å². The number of aliphatic hydroxyl groups excluding tert-OH is 2. The van der Waals surface area contributed by atoms with Gasteiger partial charge in [0.1, 0.15) is 6.10 Å². The van der Waals surface area contributed by atoms with Crippen LogP contribution in [0.2, 0.25) is 0 Å². The monoisotopic (exact) mass is 282 g/mol. The Balaban J connectivity index is 2.82.